The number of carbonyl (C=O) groups excluding carboxylic acids is 1. The number of nitrogens with zero attached hydrogens (tertiary/aromatic N) is 4. The van der Waals surface area contributed by atoms with Crippen LogP contribution in [-0.2, 0) is 11.3 Å². The Labute approximate surface area is 254 Å². The molecule has 1 aromatic heterocycles. The number of alkyl carbamates (subject to hydrolysis) is 1. The Hall–Kier alpha value is -2.96. The molecule has 3 saturated heterocycles. The highest BCUT2D eigenvalue weighted by molar-refractivity contribution is 9.10. The minimum absolute atomic E-state index is 0.000523. The zero-order valence-corrected chi connectivity index (χ0v) is 25.0. The summed E-state index contributed by atoms with van der Waals surface area (Å²) >= 11 is 9.77. The zero-order valence-electron chi connectivity index (χ0n) is 22.6. The van der Waals surface area contributed by atoms with Gasteiger partial charge in [0.1, 0.15) is 42.3 Å². The summed E-state index contributed by atoms with van der Waals surface area (Å²) in [4.78, 5) is 25.9. The molecule has 3 fully saturated rings. The molecule has 4 atom stereocenters. The van der Waals surface area contributed by atoms with E-state index in [-0.39, 0.29) is 52.9 Å². The van der Waals surface area contributed by atoms with Crippen LogP contribution in [0, 0.1) is 5.82 Å². The highest BCUT2D eigenvalue weighted by Gasteiger charge is 2.49. The minimum atomic E-state index is -0.902. The van der Waals surface area contributed by atoms with Gasteiger partial charge in [0.15, 0.2) is 11.6 Å². The lowest BCUT2D eigenvalue weighted by atomic mass is 9.95. The molecule has 9 nitrogen and oxygen atoms in total. The Bertz CT molecular complexity index is 1540. The van der Waals surface area contributed by atoms with Crippen molar-refractivity contribution in [3.8, 4) is 11.8 Å². The summed E-state index contributed by atoms with van der Waals surface area (Å²) in [6.45, 7) is 2.21. The fourth-order valence-corrected chi connectivity index (χ4v) is 7.41. The molecule has 1 N–H and O–H groups in total. The molecule has 0 radical (unpaired) electrons. The van der Waals surface area contributed by atoms with Crippen molar-refractivity contribution in [2.75, 3.05) is 37.7 Å². The van der Waals surface area contributed by atoms with Crippen LogP contribution in [0.15, 0.2) is 34.8 Å². The first-order chi connectivity index (χ1) is 20.3. The maximum absolute atomic E-state index is 15.6. The number of nitrogens with one attached hydrogen (secondary N) is 1. The maximum Gasteiger partial charge on any atom is 0.407 e. The molecule has 0 saturated carbocycles. The van der Waals surface area contributed by atoms with Crippen LogP contribution in [-0.4, -0.2) is 77.6 Å². The molecule has 2 aromatic carbocycles. The summed E-state index contributed by atoms with van der Waals surface area (Å²) in [6.07, 6.45) is 1.30. The zero-order chi connectivity index (χ0) is 29.0. The normalized spacial score (nSPS) is 26.5. The molecule has 42 heavy (non-hydrogen) atoms. The number of alkyl halides is 1. The number of halogens is 4. The average Bonchev–Trinajstić information content (AvgIpc) is 3.63. The summed E-state index contributed by atoms with van der Waals surface area (Å²) in [5, 5.41) is 3.37. The number of aromatic nitrogens is 2. The predicted octanol–water partition coefficient (Wildman–Crippen LogP) is 5.41. The Morgan fingerprint density at radius 2 is 2.10 bits per heavy atom. The van der Waals surface area contributed by atoms with E-state index in [1.807, 2.05) is 35.2 Å². The van der Waals surface area contributed by atoms with E-state index in [0.717, 1.165) is 24.9 Å². The van der Waals surface area contributed by atoms with Crippen LogP contribution in [0.3, 0.4) is 0 Å². The van der Waals surface area contributed by atoms with Crippen molar-refractivity contribution < 1.29 is 27.8 Å². The first-order valence-electron chi connectivity index (χ1n) is 14.1. The van der Waals surface area contributed by atoms with Gasteiger partial charge in [0.25, 0.3) is 0 Å². The van der Waals surface area contributed by atoms with Crippen LogP contribution >= 0.6 is 27.5 Å². The summed E-state index contributed by atoms with van der Waals surface area (Å²) in [5.41, 5.74) is 0.486. The lowest BCUT2D eigenvalue weighted by Crippen LogP contribution is -2.43. The average molecular weight is 665 g/mol. The van der Waals surface area contributed by atoms with Crippen LogP contribution in [0.25, 0.3) is 10.9 Å². The summed E-state index contributed by atoms with van der Waals surface area (Å²) < 4.78 is 47.7. The van der Waals surface area contributed by atoms with Crippen LogP contribution in [0.4, 0.5) is 19.4 Å². The molecule has 13 heteroatoms. The number of hydrogen-bond acceptors (Lipinski definition) is 8. The van der Waals surface area contributed by atoms with E-state index in [0.29, 0.717) is 42.9 Å². The molecule has 7 rings (SSSR count). The molecular formula is C29H29BrClF2N5O4. The number of ether oxygens (including phenoxy) is 3. The number of amides is 1. The highest BCUT2D eigenvalue weighted by atomic mass is 79.9. The van der Waals surface area contributed by atoms with Crippen molar-refractivity contribution in [3.63, 3.8) is 0 Å². The van der Waals surface area contributed by atoms with Gasteiger partial charge in [-0.05, 0) is 47.3 Å². The van der Waals surface area contributed by atoms with E-state index in [1.54, 1.807) is 0 Å². The van der Waals surface area contributed by atoms with Crippen LogP contribution in [0.1, 0.15) is 31.2 Å². The molecule has 222 valence electrons. The second-order valence-electron chi connectivity index (χ2n) is 11.4. The first kappa shape index (κ1) is 27.8. The lowest BCUT2D eigenvalue weighted by Gasteiger charge is -2.31. The number of rotatable bonds is 6. The van der Waals surface area contributed by atoms with Crippen molar-refractivity contribution >= 4 is 50.3 Å². The molecule has 0 unspecified atom stereocenters. The molecule has 4 aliphatic heterocycles. The fraction of sp³-hybridized carbons (Fsp3) is 0.483. The Kier molecular flexibility index (Phi) is 7.26. The maximum atomic E-state index is 15.6. The van der Waals surface area contributed by atoms with Gasteiger partial charge in [-0.15, -0.1) is 0 Å². The molecule has 1 amide bonds. The summed E-state index contributed by atoms with van der Waals surface area (Å²) in [7, 11) is 0. The predicted molar refractivity (Wildman–Crippen MR) is 156 cm³/mol. The second-order valence-corrected chi connectivity index (χ2v) is 12.6. The van der Waals surface area contributed by atoms with Crippen molar-refractivity contribution in [3.05, 3.63) is 51.2 Å². The van der Waals surface area contributed by atoms with E-state index in [1.165, 1.54) is 0 Å². The Morgan fingerprint density at radius 3 is 2.93 bits per heavy atom. The molecule has 0 bridgehead atoms. The van der Waals surface area contributed by atoms with Gasteiger partial charge in [0, 0.05) is 19.5 Å². The second kappa shape index (κ2) is 10.9. The van der Waals surface area contributed by atoms with Gasteiger partial charge in [-0.1, -0.05) is 41.9 Å². The number of hydrogen-bond donors (Lipinski definition) is 1. The van der Waals surface area contributed by atoms with Gasteiger partial charge in [0.05, 0.1) is 27.5 Å². The van der Waals surface area contributed by atoms with Crippen molar-refractivity contribution in [2.24, 2.45) is 0 Å². The third-order valence-electron chi connectivity index (χ3n) is 8.76. The van der Waals surface area contributed by atoms with E-state index >= 15 is 4.39 Å². The molecule has 0 aliphatic carbocycles. The van der Waals surface area contributed by atoms with Gasteiger partial charge in [-0.2, -0.15) is 9.97 Å². The van der Waals surface area contributed by atoms with Crippen molar-refractivity contribution in [2.45, 2.75) is 56.1 Å². The monoisotopic (exact) mass is 663 g/mol. The standard InChI is InChI=1S/C29H29BrClF2N5O4/c30-21-22(31)25-20-24(23(21)33)35-27(42-15-29-7-4-8-37(29)11-17(32)10-29)36-26(20)38-12-18(9-19(38)14-40-25)34-28(39)41-13-16-5-2-1-3-6-16/h1-3,5-6,17-19H,4,7-15H2,(H,34,39)/t17-,18-,19+,29+/m1/s1. The number of fused-ring (bicyclic) bond motifs is 3. The topological polar surface area (TPSA) is 89.1 Å². The number of carbonyl (C=O) groups is 1. The van der Waals surface area contributed by atoms with Gasteiger partial charge >= 0.3 is 12.1 Å². The number of anilines is 1. The summed E-state index contributed by atoms with van der Waals surface area (Å²) in [5.74, 6) is 0.0515. The SMILES string of the molecule is O=C(N[C@@H]1C[C@H]2COc3c(Cl)c(Br)c(F)c4nc(OC[C@@]56CCCN5C[C@H](F)C6)nc(c34)N2C1)OCc1ccccc1. The van der Waals surface area contributed by atoms with Gasteiger partial charge in [0.2, 0.25) is 0 Å². The fourth-order valence-electron chi connectivity index (χ4n) is 6.81. The molecule has 5 heterocycles. The van der Waals surface area contributed by atoms with Gasteiger partial charge in [-0.25, -0.2) is 13.6 Å². The third-order valence-corrected chi connectivity index (χ3v) is 10.1. The van der Waals surface area contributed by atoms with E-state index in [9.17, 15) is 9.18 Å². The smallest absolute Gasteiger partial charge is 0.407 e. The highest BCUT2D eigenvalue weighted by Crippen LogP contribution is 2.48. The van der Waals surface area contributed by atoms with Gasteiger partial charge < -0.3 is 24.4 Å². The Morgan fingerprint density at radius 1 is 1.26 bits per heavy atom. The molecule has 4 aliphatic rings. The molecular weight excluding hydrogens is 636 g/mol. The quantitative estimate of drug-likeness (QED) is 0.351. The first-order valence-corrected chi connectivity index (χ1v) is 15.3. The van der Waals surface area contributed by atoms with E-state index in [2.05, 4.69) is 31.1 Å². The summed E-state index contributed by atoms with van der Waals surface area (Å²) in [6, 6.07) is 8.99. The van der Waals surface area contributed by atoms with Crippen LogP contribution in [0.5, 0.6) is 11.8 Å². The van der Waals surface area contributed by atoms with E-state index in [4.69, 9.17) is 30.8 Å². The van der Waals surface area contributed by atoms with Crippen molar-refractivity contribution in [1.82, 2.24) is 20.2 Å². The molecule has 0 spiro atoms. The third kappa shape index (κ3) is 4.90. The van der Waals surface area contributed by atoms with Crippen molar-refractivity contribution in [1.29, 1.82) is 0 Å². The lowest BCUT2D eigenvalue weighted by molar-refractivity contribution is 0.107. The van der Waals surface area contributed by atoms with Gasteiger partial charge in [-0.3, -0.25) is 4.90 Å². The molecule has 3 aromatic rings. The Balaban J connectivity index is 1.16. The number of benzene rings is 2. The minimum Gasteiger partial charge on any atom is -0.489 e. The van der Waals surface area contributed by atoms with Crippen LogP contribution in [0.2, 0.25) is 5.02 Å². The van der Waals surface area contributed by atoms with Crippen LogP contribution < -0.4 is 19.7 Å². The largest absolute Gasteiger partial charge is 0.489 e. The van der Waals surface area contributed by atoms with E-state index < -0.39 is 23.6 Å².